The predicted molar refractivity (Wildman–Crippen MR) is 67.6 cm³/mol. The molecule has 1 heterocycles. The van der Waals surface area contributed by atoms with Crippen molar-refractivity contribution in [1.29, 1.82) is 0 Å². The van der Waals surface area contributed by atoms with Crippen molar-refractivity contribution in [1.82, 2.24) is 4.98 Å². The van der Waals surface area contributed by atoms with Gasteiger partial charge in [-0.05, 0) is 43.3 Å². The van der Waals surface area contributed by atoms with Gasteiger partial charge in [-0.25, -0.2) is 0 Å². The first-order valence-corrected chi connectivity index (χ1v) is 5.43. The Morgan fingerprint density at radius 1 is 1.44 bits per heavy atom. The van der Waals surface area contributed by atoms with E-state index in [0.29, 0.717) is 0 Å². The third-order valence-corrected chi connectivity index (χ3v) is 2.67. The van der Waals surface area contributed by atoms with E-state index >= 15 is 0 Å². The number of rotatable bonds is 4. The van der Waals surface area contributed by atoms with E-state index in [-0.39, 0.29) is 0 Å². The Hall–Kier alpha value is -1.77. The van der Waals surface area contributed by atoms with Gasteiger partial charge in [0.25, 0.3) is 0 Å². The molecule has 0 aliphatic heterocycles. The van der Waals surface area contributed by atoms with Crippen molar-refractivity contribution in [3.8, 4) is 5.75 Å². The monoisotopic (exact) mass is 216 g/mol. The molecule has 84 valence electrons. The zero-order valence-corrected chi connectivity index (χ0v) is 9.66. The van der Waals surface area contributed by atoms with E-state index in [0.717, 1.165) is 24.2 Å². The Morgan fingerprint density at radius 2 is 2.31 bits per heavy atom. The topological polar surface area (TPSA) is 37.4 Å². The summed E-state index contributed by atoms with van der Waals surface area (Å²) >= 11 is 0. The van der Waals surface area contributed by atoms with Crippen LogP contribution in [0, 0.1) is 0 Å². The molecule has 0 atom stereocenters. The second kappa shape index (κ2) is 4.84. The number of hydrogen-bond donors (Lipinski definition) is 1. The van der Waals surface area contributed by atoms with Crippen molar-refractivity contribution in [3.05, 3.63) is 30.0 Å². The van der Waals surface area contributed by atoms with E-state index in [1.807, 2.05) is 25.3 Å². The zero-order chi connectivity index (χ0) is 11.4. The summed E-state index contributed by atoms with van der Waals surface area (Å²) in [6.07, 6.45) is 4.85. The number of methoxy groups -OCH3 is 1. The molecule has 16 heavy (non-hydrogen) atoms. The second-order valence-electron chi connectivity index (χ2n) is 3.64. The summed E-state index contributed by atoms with van der Waals surface area (Å²) in [5, 5.41) is 1.23. The zero-order valence-electron chi connectivity index (χ0n) is 9.66. The van der Waals surface area contributed by atoms with Gasteiger partial charge in [0.2, 0.25) is 0 Å². The molecular weight excluding hydrogens is 200 g/mol. The Balaban J connectivity index is 2.30. The van der Waals surface area contributed by atoms with Crippen molar-refractivity contribution >= 4 is 17.1 Å². The maximum Gasteiger partial charge on any atom is 0.119 e. The van der Waals surface area contributed by atoms with Crippen LogP contribution in [-0.2, 0) is 6.42 Å². The summed E-state index contributed by atoms with van der Waals surface area (Å²) in [5.41, 5.74) is 2.44. The highest BCUT2D eigenvalue weighted by Crippen LogP contribution is 2.23. The quantitative estimate of drug-likeness (QED) is 0.784. The van der Waals surface area contributed by atoms with Crippen LogP contribution >= 0.6 is 0 Å². The summed E-state index contributed by atoms with van der Waals surface area (Å²) < 4.78 is 5.23. The predicted octanol–water partition coefficient (Wildman–Crippen LogP) is 2.81. The molecule has 0 aliphatic carbocycles. The van der Waals surface area contributed by atoms with E-state index in [4.69, 9.17) is 4.74 Å². The molecule has 3 nitrogen and oxygen atoms in total. The van der Waals surface area contributed by atoms with Gasteiger partial charge >= 0.3 is 0 Å². The molecule has 0 fully saturated rings. The summed E-state index contributed by atoms with van der Waals surface area (Å²) in [4.78, 5) is 7.48. The van der Waals surface area contributed by atoms with E-state index < -0.39 is 0 Å². The molecule has 0 radical (unpaired) electrons. The fourth-order valence-electron chi connectivity index (χ4n) is 1.81. The number of aromatic nitrogens is 1. The van der Waals surface area contributed by atoms with Crippen LogP contribution < -0.4 is 4.74 Å². The van der Waals surface area contributed by atoms with Crippen molar-refractivity contribution in [2.45, 2.75) is 13.3 Å². The first kappa shape index (κ1) is 10.7. The molecule has 0 spiro atoms. The largest absolute Gasteiger partial charge is 0.497 e. The minimum Gasteiger partial charge on any atom is -0.497 e. The molecule has 0 unspecified atom stereocenters. The fraction of sp³-hybridized carbons (Fsp3) is 0.308. The Labute approximate surface area is 95.2 Å². The average molecular weight is 216 g/mol. The number of nitrogens with one attached hydrogen (secondary N) is 1. The van der Waals surface area contributed by atoms with Gasteiger partial charge in [-0.1, -0.05) is 0 Å². The van der Waals surface area contributed by atoms with E-state index in [9.17, 15) is 0 Å². The van der Waals surface area contributed by atoms with Crippen LogP contribution in [0.3, 0.4) is 0 Å². The number of fused-ring (bicyclic) bond motifs is 1. The van der Waals surface area contributed by atoms with E-state index in [1.165, 1.54) is 10.9 Å². The van der Waals surface area contributed by atoms with Gasteiger partial charge in [0.1, 0.15) is 5.75 Å². The minimum absolute atomic E-state index is 0.834. The molecule has 1 aromatic heterocycles. The first-order valence-electron chi connectivity index (χ1n) is 5.43. The molecule has 0 saturated carbocycles. The lowest BCUT2D eigenvalue weighted by Crippen LogP contribution is -1.88. The third kappa shape index (κ3) is 2.08. The SMILES string of the molecule is CC=NCCc1c[nH]c2ccc(OC)cc12. The molecule has 3 heteroatoms. The van der Waals surface area contributed by atoms with Gasteiger partial charge in [-0.3, -0.25) is 4.99 Å². The first-order chi connectivity index (χ1) is 7.85. The fourth-order valence-corrected chi connectivity index (χ4v) is 1.81. The number of benzene rings is 1. The number of ether oxygens (including phenoxy) is 1. The molecule has 1 N–H and O–H groups in total. The van der Waals surface area contributed by atoms with Gasteiger partial charge < -0.3 is 9.72 Å². The van der Waals surface area contributed by atoms with Gasteiger partial charge in [0.05, 0.1) is 7.11 Å². The van der Waals surface area contributed by atoms with Gasteiger partial charge in [0.15, 0.2) is 0 Å². The number of hydrogen-bond acceptors (Lipinski definition) is 2. The summed E-state index contributed by atoms with van der Waals surface area (Å²) in [5.74, 6) is 0.896. The van der Waals surface area contributed by atoms with Gasteiger partial charge in [-0.15, -0.1) is 0 Å². The summed E-state index contributed by atoms with van der Waals surface area (Å²) in [7, 11) is 1.69. The molecule has 1 aromatic carbocycles. The molecule has 0 bridgehead atoms. The number of H-pyrrole nitrogens is 1. The maximum absolute atomic E-state index is 5.23. The van der Waals surface area contributed by atoms with Crippen molar-refractivity contribution in [3.63, 3.8) is 0 Å². The highest BCUT2D eigenvalue weighted by atomic mass is 16.5. The molecule has 2 rings (SSSR count). The summed E-state index contributed by atoms with van der Waals surface area (Å²) in [6.45, 7) is 2.78. The lowest BCUT2D eigenvalue weighted by molar-refractivity contribution is 0.415. The molecule has 0 amide bonds. The second-order valence-corrected chi connectivity index (χ2v) is 3.64. The molecular formula is C13H16N2O. The lowest BCUT2D eigenvalue weighted by atomic mass is 10.1. The van der Waals surface area contributed by atoms with Crippen molar-refractivity contribution in [2.75, 3.05) is 13.7 Å². The van der Waals surface area contributed by atoms with Crippen LogP contribution in [0.2, 0.25) is 0 Å². The van der Waals surface area contributed by atoms with Crippen molar-refractivity contribution < 1.29 is 4.74 Å². The highest BCUT2D eigenvalue weighted by Gasteiger charge is 2.04. The van der Waals surface area contributed by atoms with Crippen LogP contribution in [0.1, 0.15) is 12.5 Å². The minimum atomic E-state index is 0.834. The molecule has 2 aromatic rings. The Kier molecular flexibility index (Phi) is 3.25. The van der Waals surface area contributed by atoms with Gasteiger partial charge in [0, 0.05) is 23.6 Å². The lowest BCUT2D eigenvalue weighted by Gasteiger charge is -2.00. The molecule has 0 aliphatic rings. The van der Waals surface area contributed by atoms with Crippen LogP contribution in [0.25, 0.3) is 10.9 Å². The van der Waals surface area contributed by atoms with Crippen LogP contribution in [0.4, 0.5) is 0 Å². The molecule has 0 saturated heterocycles. The maximum atomic E-state index is 5.23. The average Bonchev–Trinajstić information content (AvgIpc) is 2.72. The van der Waals surface area contributed by atoms with E-state index in [1.54, 1.807) is 7.11 Å². The highest BCUT2D eigenvalue weighted by molar-refractivity contribution is 5.84. The van der Waals surface area contributed by atoms with Crippen LogP contribution in [0.15, 0.2) is 29.4 Å². The van der Waals surface area contributed by atoms with Crippen molar-refractivity contribution in [2.24, 2.45) is 4.99 Å². The van der Waals surface area contributed by atoms with Gasteiger partial charge in [-0.2, -0.15) is 0 Å². The van der Waals surface area contributed by atoms with Crippen LogP contribution in [-0.4, -0.2) is 24.9 Å². The standard InChI is InChI=1S/C13H16N2O/c1-3-14-7-6-10-9-15-13-5-4-11(16-2)8-12(10)13/h3-5,8-9,15H,6-7H2,1-2H3. The van der Waals surface area contributed by atoms with Crippen LogP contribution in [0.5, 0.6) is 5.75 Å². The Morgan fingerprint density at radius 3 is 3.06 bits per heavy atom. The third-order valence-electron chi connectivity index (χ3n) is 2.67. The number of aromatic amines is 1. The number of aliphatic imine (C=N–C) groups is 1. The van der Waals surface area contributed by atoms with E-state index in [2.05, 4.69) is 22.2 Å². The number of nitrogens with zero attached hydrogens (tertiary/aromatic N) is 1. The normalized spacial score (nSPS) is 11.4. The smallest absolute Gasteiger partial charge is 0.119 e. The Bertz CT molecular complexity index is 500. The summed E-state index contributed by atoms with van der Waals surface area (Å²) in [6, 6.07) is 6.07.